The molecule has 11 aromatic carbocycles. The largest absolute Gasteiger partial charge is 0.264 e. The summed E-state index contributed by atoms with van der Waals surface area (Å²) >= 11 is 0. The topological polar surface area (TPSA) is 12.9 Å². The van der Waals surface area contributed by atoms with E-state index < -0.39 is 0 Å². The number of aromatic nitrogens is 1. The molecular weight excluding hydrogens is 699 g/mol. The summed E-state index contributed by atoms with van der Waals surface area (Å²) in [5, 5.41) is 15.2. The number of rotatable bonds is 5. The summed E-state index contributed by atoms with van der Waals surface area (Å²) < 4.78 is 0. The minimum atomic E-state index is 1.11. The van der Waals surface area contributed by atoms with E-state index in [4.69, 9.17) is 0 Å². The van der Waals surface area contributed by atoms with Crippen molar-refractivity contribution < 1.29 is 0 Å². The third-order valence-corrected chi connectivity index (χ3v) is 12.3. The number of pyridine rings is 1. The molecule has 268 valence electrons. The van der Waals surface area contributed by atoms with Crippen LogP contribution < -0.4 is 0 Å². The number of hydrogen-bond acceptors (Lipinski definition) is 1. The van der Waals surface area contributed by atoms with Gasteiger partial charge in [0.25, 0.3) is 0 Å². The Morgan fingerprint density at radius 2 is 0.638 bits per heavy atom. The number of fused-ring (bicyclic) bond motifs is 3. The molecule has 12 rings (SSSR count). The Kier molecular flexibility index (Phi) is 7.30. The molecule has 0 saturated carbocycles. The van der Waals surface area contributed by atoms with Crippen molar-refractivity contribution in [2.45, 2.75) is 0 Å². The molecule has 0 spiro atoms. The average molecular weight is 734 g/mol. The van der Waals surface area contributed by atoms with Gasteiger partial charge >= 0.3 is 0 Å². The number of benzene rings is 11. The van der Waals surface area contributed by atoms with Gasteiger partial charge < -0.3 is 0 Å². The minimum absolute atomic E-state index is 1.11. The van der Waals surface area contributed by atoms with Gasteiger partial charge in [0.05, 0.1) is 0 Å². The van der Waals surface area contributed by atoms with Gasteiger partial charge in [0.15, 0.2) is 0 Å². The first-order chi connectivity index (χ1) is 28.8. The van der Waals surface area contributed by atoms with Gasteiger partial charge in [-0.1, -0.05) is 182 Å². The van der Waals surface area contributed by atoms with Crippen molar-refractivity contribution in [3.63, 3.8) is 0 Å². The molecule has 0 fully saturated rings. The standard InChI is InChI=1S/C57H35N/c1-4-18-42-37(11-1)14-7-21-45(42)53-33-52(40-26-24-36(25-27-40)41-17-10-32-58-35-41)48-28-29-50-54(46-22-8-15-38-12-2-5-19-43(38)46)34-55(51-31-30-49(53)56(48)57(50)51)47-23-9-16-39-13-3-6-20-44(39)47/h1-35H. The highest BCUT2D eigenvalue weighted by Crippen LogP contribution is 2.50. The van der Waals surface area contributed by atoms with Crippen LogP contribution >= 0.6 is 0 Å². The van der Waals surface area contributed by atoms with Crippen molar-refractivity contribution in [3.05, 3.63) is 213 Å². The molecule has 0 atom stereocenters. The first-order valence-corrected chi connectivity index (χ1v) is 20.0. The van der Waals surface area contributed by atoms with Crippen LogP contribution in [0.15, 0.2) is 213 Å². The van der Waals surface area contributed by atoms with Gasteiger partial charge in [-0.3, -0.25) is 4.98 Å². The van der Waals surface area contributed by atoms with Crippen LogP contribution in [0, 0.1) is 0 Å². The van der Waals surface area contributed by atoms with Crippen LogP contribution in [0.4, 0.5) is 0 Å². The Bertz CT molecular complexity index is 3430. The number of hydrogen-bond donors (Lipinski definition) is 0. The summed E-state index contributed by atoms with van der Waals surface area (Å²) in [5.41, 5.74) is 12.2. The highest BCUT2D eigenvalue weighted by molar-refractivity contribution is 6.33. The molecule has 0 unspecified atom stereocenters. The van der Waals surface area contributed by atoms with Crippen molar-refractivity contribution in [3.8, 4) is 55.6 Å². The zero-order chi connectivity index (χ0) is 38.2. The van der Waals surface area contributed by atoms with Gasteiger partial charge in [0, 0.05) is 12.4 Å². The van der Waals surface area contributed by atoms with E-state index in [9.17, 15) is 0 Å². The van der Waals surface area contributed by atoms with E-state index in [0.29, 0.717) is 0 Å². The lowest BCUT2D eigenvalue weighted by Gasteiger charge is -2.22. The Balaban J connectivity index is 1.25. The molecule has 58 heavy (non-hydrogen) atoms. The summed E-state index contributed by atoms with van der Waals surface area (Å²) in [6.45, 7) is 0. The van der Waals surface area contributed by atoms with Crippen LogP contribution in [-0.2, 0) is 0 Å². The van der Waals surface area contributed by atoms with Gasteiger partial charge in [0.1, 0.15) is 0 Å². The molecular formula is C57H35N. The van der Waals surface area contributed by atoms with Crippen molar-refractivity contribution in [2.75, 3.05) is 0 Å². The van der Waals surface area contributed by atoms with Gasteiger partial charge in [-0.25, -0.2) is 0 Å². The van der Waals surface area contributed by atoms with Crippen LogP contribution in [0.5, 0.6) is 0 Å². The van der Waals surface area contributed by atoms with Crippen LogP contribution in [0.2, 0.25) is 0 Å². The maximum atomic E-state index is 4.39. The summed E-state index contributed by atoms with van der Waals surface area (Å²) in [6.07, 6.45) is 3.76. The molecule has 0 aliphatic heterocycles. The molecule has 0 N–H and O–H groups in total. The molecule has 0 aliphatic rings. The summed E-state index contributed by atoms with van der Waals surface area (Å²) in [6, 6.07) is 74.2. The van der Waals surface area contributed by atoms with E-state index >= 15 is 0 Å². The molecule has 1 heteroatoms. The van der Waals surface area contributed by atoms with Crippen LogP contribution in [0.25, 0.3) is 120 Å². The zero-order valence-electron chi connectivity index (χ0n) is 31.7. The van der Waals surface area contributed by atoms with Crippen LogP contribution in [0.3, 0.4) is 0 Å². The molecule has 12 aromatic rings. The van der Waals surface area contributed by atoms with E-state index in [1.54, 1.807) is 0 Å². The van der Waals surface area contributed by atoms with Gasteiger partial charge in [-0.15, -0.1) is 0 Å². The van der Waals surface area contributed by atoms with E-state index in [2.05, 4.69) is 199 Å². The first kappa shape index (κ1) is 32.6. The first-order valence-electron chi connectivity index (χ1n) is 20.0. The Morgan fingerprint density at radius 1 is 0.241 bits per heavy atom. The van der Waals surface area contributed by atoms with E-state index in [0.717, 1.165) is 11.1 Å². The maximum absolute atomic E-state index is 4.39. The van der Waals surface area contributed by atoms with Crippen molar-refractivity contribution in [1.29, 1.82) is 0 Å². The fourth-order valence-electron chi connectivity index (χ4n) is 9.66. The highest BCUT2D eigenvalue weighted by Gasteiger charge is 2.22. The average Bonchev–Trinajstić information content (AvgIpc) is 3.30. The van der Waals surface area contributed by atoms with E-state index in [-0.39, 0.29) is 0 Å². The zero-order valence-corrected chi connectivity index (χ0v) is 31.7. The van der Waals surface area contributed by atoms with Crippen molar-refractivity contribution >= 4 is 64.6 Å². The van der Waals surface area contributed by atoms with Gasteiger partial charge in [-0.05, 0) is 138 Å². The quantitative estimate of drug-likeness (QED) is 0.161. The molecule has 0 saturated heterocycles. The van der Waals surface area contributed by atoms with E-state index in [1.165, 1.54) is 109 Å². The Hall–Kier alpha value is -7.61. The third kappa shape index (κ3) is 5.00. The maximum Gasteiger partial charge on any atom is 0.0346 e. The second-order valence-electron chi connectivity index (χ2n) is 15.4. The van der Waals surface area contributed by atoms with Gasteiger partial charge in [-0.2, -0.15) is 0 Å². The Morgan fingerprint density at radius 3 is 1.09 bits per heavy atom. The molecule has 1 nitrogen and oxygen atoms in total. The normalized spacial score (nSPS) is 11.8. The fourth-order valence-corrected chi connectivity index (χ4v) is 9.66. The lowest BCUT2D eigenvalue weighted by atomic mass is 9.80. The summed E-state index contributed by atoms with van der Waals surface area (Å²) in [7, 11) is 0. The fraction of sp³-hybridized carbons (Fsp3) is 0. The lowest BCUT2D eigenvalue weighted by molar-refractivity contribution is 1.33. The van der Waals surface area contributed by atoms with Crippen LogP contribution in [-0.4, -0.2) is 4.98 Å². The molecule has 0 radical (unpaired) electrons. The predicted octanol–water partition coefficient (Wildman–Crippen LogP) is 15.8. The lowest BCUT2D eigenvalue weighted by Crippen LogP contribution is -1.95. The second kappa shape index (κ2) is 13.0. The minimum Gasteiger partial charge on any atom is -0.264 e. The monoisotopic (exact) mass is 733 g/mol. The van der Waals surface area contributed by atoms with Crippen molar-refractivity contribution in [2.24, 2.45) is 0 Å². The summed E-state index contributed by atoms with van der Waals surface area (Å²) in [5.74, 6) is 0. The Labute approximate surface area is 336 Å². The summed E-state index contributed by atoms with van der Waals surface area (Å²) in [4.78, 5) is 4.39. The third-order valence-electron chi connectivity index (χ3n) is 12.3. The second-order valence-corrected chi connectivity index (χ2v) is 15.4. The van der Waals surface area contributed by atoms with E-state index in [1.807, 2.05) is 18.5 Å². The smallest absolute Gasteiger partial charge is 0.0346 e. The predicted molar refractivity (Wildman–Crippen MR) is 248 cm³/mol. The number of nitrogens with zero attached hydrogens (tertiary/aromatic N) is 1. The molecule has 0 amide bonds. The van der Waals surface area contributed by atoms with Crippen molar-refractivity contribution in [1.82, 2.24) is 4.98 Å². The van der Waals surface area contributed by atoms with Crippen LogP contribution in [0.1, 0.15) is 0 Å². The van der Waals surface area contributed by atoms with Gasteiger partial charge in [0.2, 0.25) is 0 Å². The SMILES string of the molecule is c1cncc(-c2ccc(-c3cc(-c4cccc5ccccc45)c4ccc5c(-c6cccc7ccccc67)cc(-c6cccc7ccccc67)c6ccc3c4c65)cc2)c1. The highest BCUT2D eigenvalue weighted by atomic mass is 14.6. The molecule has 0 bridgehead atoms. The molecule has 1 aromatic heterocycles. The molecule has 0 aliphatic carbocycles. The molecule has 1 heterocycles.